The maximum absolute atomic E-state index is 13.2. The van der Waals surface area contributed by atoms with E-state index in [1.54, 1.807) is 0 Å². The highest BCUT2D eigenvalue weighted by Crippen LogP contribution is 2.27. The number of piperidine rings is 3. The van der Waals surface area contributed by atoms with Gasteiger partial charge in [-0.3, -0.25) is 19.6 Å². The van der Waals surface area contributed by atoms with Crippen LogP contribution >= 0.6 is 0 Å². The molecule has 0 saturated carbocycles. The lowest BCUT2D eigenvalue weighted by Gasteiger charge is -2.43. The second-order valence-electron chi connectivity index (χ2n) is 9.72. The van der Waals surface area contributed by atoms with Gasteiger partial charge in [-0.1, -0.05) is 0 Å². The molecule has 4 heterocycles. The molecule has 0 N–H and O–H groups in total. The smallest absolute Gasteiger partial charge is 0.226 e. The van der Waals surface area contributed by atoms with Crippen LogP contribution < -0.4 is 0 Å². The van der Waals surface area contributed by atoms with Gasteiger partial charge in [0.15, 0.2) is 0 Å². The van der Waals surface area contributed by atoms with Crippen molar-refractivity contribution in [1.82, 2.24) is 24.6 Å². The molecule has 0 radical (unpaired) electrons. The van der Waals surface area contributed by atoms with Gasteiger partial charge < -0.3 is 9.80 Å². The average Bonchev–Trinajstić information content (AvgIpc) is 2.80. The summed E-state index contributed by atoms with van der Waals surface area (Å²) in [5.41, 5.74) is 1.35. The molecule has 0 aliphatic carbocycles. The number of nitrogens with zero attached hydrogens (tertiary/aromatic N) is 5. The predicted octanol–water partition coefficient (Wildman–Crippen LogP) is 2.31. The minimum Gasteiger partial charge on any atom is -0.342 e. The predicted molar refractivity (Wildman–Crippen MR) is 120 cm³/mol. The molecule has 0 aromatic carbocycles. The molecule has 0 spiro atoms. The summed E-state index contributed by atoms with van der Waals surface area (Å²) in [6.45, 7) is 7.35. The molecule has 1 amide bonds. The van der Waals surface area contributed by atoms with Gasteiger partial charge in [-0.15, -0.1) is 0 Å². The minimum absolute atomic E-state index is 0.213. The number of hydrogen-bond acceptors (Lipinski definition) is 5. The summed E-state index contributed by atoms with van der Waals surface area (Å²) < 4.78 is 0. The van der Waals surface area contributed by atoms with Gasteiger partial charge in [-0.2, -0.15) is 0 Å². The van der Waals surface area contributed by atoms with Crippen LogP contribution in [0.15, 0.2) is 24.5 Å². The van der Waals surface area contributed by atoms with Crippen molar-refractivity contribution in [2.24, 2.45) is 5.92 Å². The van der Waals surface area contributed by atoms with Gasteiger partial charge in [-0.05, 0) is 90.0 Å². The Labute approximate surface area is 182 Å². The largest absolute Gasteiger partial charge is 0.342 e. The van der Waals surface area contributed by atoms with Crippen LogP contribution in [0.3, 0.4) is 0 Å². The number of pyridine rings is 1. The molecule has 3 fully saturated rings. The lowest BCUT2D eigenvalue weighted by atomic mass is 9.92. The van der Waals surface area contributed by atoms with E-state index in [4.69, 9.17) is 0 Å². The SMILES string of the molecule is CN(C)C1CCN(C(=O)[C@H]2CCCN(C3CCN(Cc4ccncc4)CC3)C2)CC1. The lowest BCUT2D eigenvalue weighted by Crippen LogP contribution is -2.52. The molecular weight excluding hydrogens is 374 g/mol. The van der Waals surface area contributed by atoms with E-state index in [-0.39, 0.29) is 5.92 Å². The van der Waals surface area contributed by atoms with E-state index >= 15 is 0 Å². The first-order valence-electron chi connectivity index (χ1n) is 11.9. The first-order valence-corrected chi connectivity index (χ1v) is 11.9. The number of carbonyl (C=O) groups is 1. The second kappa shape index (κ2) is 10.2. The summed E-state index contributed by atoms with van der Waals surface area (Å²) in [6, 6.07) is 5.52. The first-order chi connectivity index (χ1) is 14.6. The third-order valence-corrected chi connectivity index (χ3v) is 7.54. The summed E-state index contributed by atoms with van der Waals surface area (Å²) in [7, 11) is 4.31. The van der Waals surface area contributed by atoms with Gasteiger partial charge in [0.2, 0.25) is 5.91 Å². The van der Waals surface area contributed by atoms with Crippen LogP contribution in [-0.4, -0.2) is 95.9 Å². The van der Waals surface area contributed by atoms with Crippen molar-refractivity contribution < 1.29 is 4.79 Å². The molecule has 3 aliphatic rings. The van der Waals surface area contributed by atoms with Crippen LogP contribution in [0.4, 0.5) is 0 Å². The summed E-state index contributed by atoms with van der Waals surface area (Å²) in [5, 5.41) is 0. The van der Waals surface area contributed by atoms with Crippen LogP contribution in [0.2, 0.25) is 0 Å². The first kappa shape index (κ1) is 21.7. The standard InChI is InChI=1S/C24H39N5O/c1-26(2)22-9-16-28(17-10-22)24(30)21-4-3-13-29(19-21)23-7-14-27(15-8-23)18-20-5-11-25-12-6-20/h5-6,11-12,21-23H,3-4,7-10,13-19H2,1-2H3/t21-/m0/s1. The monoisotopic (exact) mass is 413 g/mol. The average molecular weight is 414 g/mol. The molecule has 3 saturated heterocycles. The highest BCUT2D eigenvalue weighted by Gasteiger charge is 2.34. The third kappa shape index (κ3) is 5.40. The number of hydrogen-bond donors (Lipinski definition) is 0. The van der Waals surface area contributed by atoms with Crippen molar-refractivity contribution in [3.8, 4) is 0 Å². The van der Waals surface area contributed by atoms with Crippen molar-refractivity contribution in [1.29, 1.82) is 0 Å². The Hall–Kier alpha value is -1.50. The zero-order chi connectivity index (χ0) is 20.9. The van der Waals surface area contributed by atoms with E-state index in [1.165, 1.54) is 31.4 Å². The fourth-order valence-electron chi connectivity index (χ4n) is 5.59. The van der Waals surface area contributed by atoms with Crippen LogP contribution in [0, 0.1) is 5.92 Å². The minimum atomic E-state index is 0.213. The zero-order valence-electron chi connectivity index (χ0n) is 18.9. The van der Waals surface area contributed by atoms with Gasteiger partial charge in [-0.25, -0.2) is 0 Å². The van der Waals surface area contributed by atoms with E-state index in [1.807, 2.05) is 12.4 Å². The fourth-order valence-corrected chi connectivity index (χ4v) is 5.59. The number of carbonyl (C=O) groups excluding carboxylic acids is 1. The second-order valence-corrected chi connectivity index (χ2v) is 9.72. The van der Waals surface area contributed by atoms with Crippen LogP contribution in [0.1, 0.15) is 44.1 Å². The molecule has 1 aromatic heterocycles. The van der Waals surface area contributed by atoms with Gasteiger partial charge in [0.25, 0.3) is 0 Å². The lowest BCUT2D eigenvalue weighted by molar-refractivity contribution is -0.139. The van der Waals surface area contributed by atoms with Crippen molar-refractivity contribution in [3.63, 3.8) is 0 Å². The van der Waals surface area contributed by atoms with E-state index in [9.17, 15) is 4.79 Å². The van der Waals surface area contributed by atoms with Crippen LogP contribution in [-0.2, 0) is 11.3 Å². The molecule has 3 aliphatic heterocycles. The highest BCUT2D eigenvalue weighted by molar-refractivity contribution is 5.79. The Morgan fingerprint density at radius 3 is 2.37 bits per heavy atom. The van der Waals surface area contributed by atoms with Crippen LogP contribution in [0.25, 0.3) is 0 Å². The summed E-state index contributed by atoms with van der Waals surface area (Å²) in [4.78, 5) is 27.0. The summed E-state index contributed by atoms with van der Waals surface area (Å²) >= 11 is 0. The number of amides is 1. The molecule has 0 unspecified atom stereocenters. The zero-order valence-corrected chi connectivity index (χ0v) is 18.9. The number of likely N-dealkylation sites (tertiary alicyclic amines) is 3. The Morgan fingerprint density at radius 2 is 1.70 bits per heavy atom. The Bertz CT molecular complexity index is 665. The maximum atomic E-state index is 13.2. The fraction of sp³-hybridized carbons (Fsp3) is 0.750. The molecule has 0 bridgehead atoms. The van der Waals surface area contributed by atoms with E-state index in [2.05, 4.69) is 50.8 Å². The van der Waals surface area contributed by atoms with Gasteiger partial charge in [0.05, 0.1) is 5.92 Å². The Morgan fingerprint density at radius 1 is 1.00 bits per heavy atom. The molecular formula is C24H39N5O. The highest BCUT2D eigenvalue weighted by atomic mass is 16.2. The van der Waals surface area contributed by atoms with Gasteiger partial charge in [0, 0.05) is 50.7 Å². The Balaban J connectivity index is 1.24. The van der Waals surface area contributed by atoms with Gasteiger partial charge >= 0.3 is 0 Å². The molecule has 6 heteroatoms. The number of aromatic nitrogens is 1. The third-order valence-electron chi connectivity index (χ3n) is 7.54. The topological polar surface area (TPSA) is 42.9 Å². The van der Waals surface area contributed by atoms with Crippen LogP contribution in [0.5, 0.6) is 0 Å². The van der Waals surface area contributed by atoms with E-state index in [0.717, 1.165) is 58.5 Å². The summed E-state index contributed by atoms with van der Waals surface area (Å²) in [5.74, 6) is 0.636. The molecule has 166 valence electrons. The Kier molecular flexibility index (Phi) is 7.39. The molecule has 30 heavy (non-hydrogen) atoms. The van der Waals surface area contributed by atoms with Crippen molar-refractivity contribution >= 4 is 5.91 Å². The van der Waals surface area contributed by atoms with E-state index in [0.29, 0.717) is 18.0 Å². The molecule has 4 rings (SSSR count). The van der Waals surface area contributed by atoms with E-state index < -0.39 is 0 Å². The quantitative estimate of drug-likeness (QED) is 0.741. The molecule has 1 aromatic rings. The molecule has 6 nitrogen and oxygen atoms in total. The maximum Gasteiger partial charge on any atom is 0.226 e. The molecule has 1 atom stereocenters. The van der Waals surface area contributed by atoms with Crippen molar-refractivity contribution in [2.45, 2.75) is 57.2 Å². The number of rotatable bonds is 5. The van der Waals surface area contributed by atoms with Crippen molar-refractivity contribution in [3.05, 3.63) is 30.1 Å². The van der Waals surface area contributed by atoms with Gasteiger partial charge in [0.1, 0.15) is 0 Å². The normalized spacial score (nSPS) is 25.7. The summed E-state index contributed by atoms with van der Waals surface area (Å²) in [6.07, 6.45) is 10.7. The van der Waals surface area contributed by atoms with Crippen molar-refractivity contribution in [2.75, 3.05) is 53.4 Å².